The number of hydrazine groups is 1. The van der Waals surface area contributed by atoms with Crippen LogP contribution >= 0.6 is 0 Å². The molecular formula is C24H32N2O7. The van der Waals surface area contributed by atoms with Crippen molar-refractivity contribution >= 4 is 11.8 Å². The quantitative estimate of drug-likeness (QED) is 0.467. The van der Waals surface area contributed by atoms with Gasteiger partial charge in [0, 0.05) is 5.56 Å². The van der Waals surface area contributed by atoms with Crippen molar-refractivity contribution in [3.63, 3.8) is 0 Å². The Hall–Kier alpha value is -3.62. The van der Waals surface area contributed by atoms with Crippen LogP contribution in [0.5, 0.6) is 28.7 Å². The van der Waals surface area contributed by atoms with Crippen LogP contribution in [0.1, 0.15) is 45.0 Å². The van der Waals surface area contributed by atoms with Crippen molar-refractivity contribution in [2.75, 3.05) is 26.4 Å². The first-order valence-corrected chi connectivity index (χ1v) is 11.0. The highest BCUT2D eigenvalue weighted by atomic mass is 16.5. The molecule has 0 aliphatic carbocycles. The van der Waals surface area contributed by atoms with E-state index >= 15 is 0 Å². The van der Waals surface area contributed by atoms with E-state index in [2.05, 4.69) is 10.9 Å². The summed E-state index contributed by atoms with van der Waals surface area (Å²) in [5, 5.41) is 0. The van der Waals surface area contributed by atoms with E-state index in [0.29, 0.717) is 55.2 Å². The average Bonchev–Trinajstić information content (AvgIpc) is 2.80. The van der Waals surface area contributed by atoms with E-state index in [1.165, 1.54) is 0 Å². The first kappa shape index (κ1) is 25.6. The third-order valence-electron chi connectivity index (χ3n) is 4.29. The maximum atomic E-state index is 12.7. The summed E-state index contributed by atoms with van der Waals surface area (Å²) in [6, 6.07) is 10.00. The molecule has 0 fully saturated rings. The zero-order chi connectivity index (χ0) is 24.2. The summed E-state index contributed by atoms with van der Waals surface area (Å²) >= 11 is 0. The van der Waals surface area contributed by atoms with Crippen LogP contribution < -0.4 is 34.5 Å². The molecule has 9 nitrogen and oxygen atoms in total. The van der Waals surface area contributed by atoms with Gasteiger partial charge >= 0.3 is 0 Å². The van der Waals surface area contributed by atoms with Gasteiger partial charge in [-0.1, -0.05) is 0 Å². The maximum Gasteiger partial charge on any atom is 0.279 e. The highest BCUT2D eigenvalue weighted by Gasteiger charge is 2.20. The lowest BCUT2D eigenvalue weighted by atomic mass is 10.1. The van der Waals surface area contributed by atoms with Crippen molar-refractivity contribution in [1.82, 2.24) is 10.9 Å². The summed E-state index contributed by atoms with van der Waals surface area (Å²) in [6.07, 6.45) is -0.846. The molecule has 0 aliphatic rings. The molecular weight excluding hydrogens is 428 g/mol. The predicted molar refractivity (Wildman–Crippen MR) is 123 cm³/mol. The fourth-order valence-corrected chi connectivity index (χ4v) is 2.85. The Morgan fingerprint density at radius 1 is 0.758 bits per heavy atom. The van der Waals surface area contributed by atoms with Gasteiger partial charge in [0.15, 0.2) is 17.6 Å². The second-order valence-electron chi connectivity index (χ2n) is 6.71. The second-order valence-corrected chi connectivity index (χ2v) is 6.71. The Labute approximate surface area is 194 Å². The topological polar surface area (TPSA) is 104 Å². The Balaban J connectivity index is 2.03. The number of rotatable bonds is 12. The number of carbonyl (C=O) groups excluding carboxylic acids is 2. The molecule has 0 saturated carbocycles. The molecule has 0 saturated heterocycles. The summed E-state index contributed by atoms with van der Waals surface area (Å²) in [6.45, 7) is 10.7. The van der Waals surface area contributed by atoms with Crippen molar-refractivity contribution in [1.29, 1.82) is 0 Å². The molecule has 0 heterocycles. The lowest BCUT2D eigenvalue weighted by Gasteiger charge is -2.18. The van der Waals surface area contributed by atoms with Crippen LogP contribution in [-0.4, -0.2) is 44.3 Å². The standard InChI is InChI=1S/C24H32N2O7/c1-6-29-18-10-12-19(13-11-18)33-16(5)23(27)25-26-24(28)17-14-20(30-7-2)22(32-9-4)21(15-17)31-8-3/h10-16H,6-9H2,1-5H3,(H,25,27)(H,26,28). The molecule has 0 bridgehead atoms. The van der Waals surface area contributed by atoms with Crippen LogP contribution in [0.4, 0.5) is 0 Å². The Morgan fingerprint density at radius 2 is 1.27 bits per heavy atom. The number of benzene rings is 2. The molecule has 1 unspecified atom stereocenters. The normalized spacial score (nSPS) is 11.2. The third-order valence-corrected chi connectivity index (χ3v) is 4.29. The van der Waals surface area contributed by atoms with Gasteiger partial charge in [0.1, 0.15) is 11.5 Å². The van der Waals surface area contributed by atoms with Gasteiger partial charge in [-0.05, 0) is 71.0 Å². The van der Waals surface area contributed by atoms with Crippen molar-refractivity contribution in [3.8, 4) is 28.7 Å². The van der Waals surface area contributed by atoms with E-state index in [0.717, 1.165) is 0 Å². The zero-order valence-corrected chi connectivity index (χ0v) is 19.7. The van der Waals surface area contributed by atoms with Gasteiger partial charge in [0.25, 0.3) is 11.8 Å². The zero-order valence-electron chi connectivity index (χ0n) is 19.7. The van der Waals surface area contributed by atoms with E-state index < -0.39 is 17.9 Å². The fraction of sp³-hybridized carbons (Fsp3) is 0.417. The molecule has 2 aromatic carbocycles. The van der Waals surface area contributed by atoms with Crippen molar-refractivity contribution in [2.24, 2.45) is 0 Å². The van der Waals surface area contributed by atoms with Crippen LogP contribution in [0, 0.1) is 0 Å². The number of amides is 2. The lowest BCUT2D eigenvalue weighted by molar-refractivity contribution is -0.128. The Morgan fingerprint density at radius 3 is 1.79 bits per heavy atom. The molecule has 1 atom stereocenters. The first-order chi connectivity index (χ1) is 15.9. The summed E-state index contributed by atoms with van der Waals surface area (Å²) < 4.78 is 27.9. The minimum Gasteiger partial charge on any atom is -0.494 e. The Bertz CT molecular complexity index is 889. The van der Waals surface area contributed by atoms with E-state index in [9.17, 15) is 9.59 Å². The number of nitrogens with one attached hydrogen (secondary N) is 2. The molecule has 9 heteroatoms. The van der Waals surface area contributed by atoms with Crippen LogP contribution in [0.3, 0.4) is 0 Å². The van der Waals surface area contributed by atoms with E-state index in [1.807, 2.05) is 27.7 Å². The van der Waals surface area contributed by atoms with E-state index in [4.69, 9.17) is 23.7 Å². The smallest absolute Gasteiger partial charge is 0.279 e. The largest absolute Gasteiger partial charge is 0.494 e. The molecule has 0 radical (unpaired) electrons. The van der Waals surface area contributed by atoms with Crippen molar-refractivity contribution < 1.29 is 33.3 Å². The van der Waals surface area contributed by atoms with E-state index in [1.54, 1.807) is 43.3 Å². The third kappa shape index (κ3) is 7.48. The van der Waals surface area contributed by atoms with Crippen LogP contribution in [0.25, 0.3) is 0 Å². The molecule has 180 valence electrons. The van der Waals surface area contributed by atoms with Gasteiger partial charge < -0.3 is 23.7 Å². The SMILES string of the molecule is CCOc1ccc(OC(C)C(=O)NNC(=O)c2cc(OCC)c(OCC)c(OCC)c2)cc1. The lowest BCUT2D eigenvalue weighted by Crippen LogP contribution is -2.47. The number of ether oxygens (including phenoxy) is 5. The van der Waals surface area contributed by atoms with Crippen LogP contribution in [0.2, 0.25) is 0 Å². The van der Waals surface area contributed by atoms with Gasteiger partial charge in [0.2, 0.25) is 5.75 Å². The molecule has 0 aliphatic heterocycles. The van der Waals surface area contributed by atoms with Gasteiger partial charge in [-0.3, -0.25) is 20.4 Å². The van der Waals surface area contributed by atoms with Gasteiger partial charge in [-0.15, -0.1) is 0 Å². The first-order valence-electron chi connectivity index (χ1n) is 11.0. The summed E-state index contributed by atoms with van der Waals surface area (Å²) in [4.78, 5) is 25.1. The van der Waals surface area contributed by atoms with Gasteiger partial charge in [-0.25, -0.2) is 0 Å². The Kier molecular flexibility index (Phi) is 10.1. The number of hydrogen-bond acceptors (Lipinski definition) is 7. The molecule has 2 rings (SSSR count). The molecule has 2 N–H and O–H groups in total. The van der Waals surface area contributed by atoms with Gasteiger partial charge in [-0.2, -0.15) is 0 Å². The number of carbonyl (C=O) groups is 2. The fourth-order valence-electron chi connectivity index (χ4n) is 2.85. The average molecular weight is 461 g/mol. The van der Waals surface area contributed by atoms with Crippen LogP contribution in [-0.2, 0) is 4.79 Å². The van der Waals surface area contributed by atoms with Crippen molar-refractivity contribution in [2.45, 2.75) is 40.7 Å². The van der Waals surface area contributed by atoms with Crippen LogP contribution in [0.15, 0.2) is 36.4 Å². The monoisotopic (exact) mass is 460 g/mol. The molecule has 2 aromatic rings. The second kappa shape index (κ2) is 13.0. The number of hydrogen-bond donors (Lipinski definition) is 2. The van der Waals surface area contributed by atoms with Crippen molar-refractivity contribution in [3.05, 3.63) is 42.0 Å². The summed E-state index contributed by atoms with van der Waals surface area (Å²) in [7, 11) is 0. The minimum atomic E-state index is -0.846. The minimum absolute atomic E-state index is 0.241. The molecule has 0 aromatic heterocycles. The molecule has 0 spiro atoms. The summed E-state index contributed by atoms with van der Waals surface area (Å²) in [5.41, 5.74) is 5.01. The van der Waals surface area contributed by atoms with E-state index in [-0.39, 0.29) is 5.56 Å². The highest BCUT2D eigenvalue weighted by Crippen LogP contribution is 2.39. The predicted octanol–water partition coefficient (Wildman–Crippen LogP) is 3.51. The molecule has 2 amide bonds. The summed E-state index contributed by atoms with van der Waals surface area (Å²) in [5.74, 6) is 1.35. The molecule has 33 heavy (non-hydrogen) atoms. The highest BCUT2D eigenvalue weighted by molar-refractivity contribution is 5.97. The van der Waals surface area contributed by atoms with Gasteiger partial charge in [0.05, 0.1) is 26.4 Å². The maximum absolute atomic E-state index is 12.7.